The van der Waals surface area contributed by atoms with E-state index in [-0.39, 0.29) is 0 Å². The molecule has 1 aliphatic heterocycles. The Morgan fingerprint density at radius 3 is 3.18 bits per heavy atom. The number of aromatic nitrogens is 2. The number of hydrogen-bond donors (Lipinski definition) is 0. The molecule has 3 nitrogen and oxygen atoms in total. The van der Waals surface area contributed by atoms with E-state index < -0.39 is 0 Å². The molecule has 1 aromatic heterocycles. The molecule has 0 fully saturated rings. The molecule has 2 heterocycles. The van der Waals surface area contributed by atoms with Crippen molar-refractivity contribution in [2.24, 2.45) is 0 Å². The zero-order valence-electron chi connectivity index (χ0n) is 6.92. The summed E-state index contributed by atoms with van der Waals surface area (Å²) in [5, 5.41) is 4.35. The first kappa shape index (κ1) is 6.70. The monoisotopic (exact) mass is 152 g/mol. The normalized spacial score (nSPS) is 14.7. The van der Waals surface area contributed by atoms with Crippen LogP contribution in [0.1, 0.15) is 18.2 Å². The highest BCUT2D eigenvalue weighted by Crippen LogP contribution is 2.25. The van der Waals surface area contributed by atoms with E-state index in [0.717, 1.165) is 31.1 Å². The molecule has 0 saturated carbocycles. The minimum absolute atomic E-state index is 0.787. The van der Waals surface area contributed by atoms with E-state index in [0.29, 0.717) is 0 Å². The van der Waals surface area contributed by atoms with Crippen LogP contribution in [0.2, 0.25) is 0 Å². The largest absolute Gasteiger partial charge is 0.476 e. The Hall–Kier alpha value is -0.990. The fourth-order valence-corrected chi connectivity index (χ4v) is 1.55. The van der Waals surface area contributed by atoms with Gasteiger partial charge in [0.15, 0.2) is 0 Å². The van der Waals surface area contributed by atoms with E-state index in [1.54, 1.807) is 0 Å². The molecule has 0 N–H and O–H groups in total. The van der Waals surface area contributed by atoms with E-state index in [1.807, 2.05) is 11.6 Å². The average Bonchev–Trinajstić information content (AvgIpc) is 2.46. The summed E-state index contributed by atoms with van der Waals surface area (Å²) >= 11 is 0. The first-order valence-electron chi connectivity index (χ1n) is 4.02. The van der Waals surface area contributed by atoms with Crippen molar-refractivity contribution in [1.29, 1.82) is 0 Å². The zero-order valence-corrected chi connectivity index (χ0v) is 6.92. The van der Waals surface area contributed by atoms with Crippen LogP contribution in [-0.4, -0.2) is 16.4 Å². The van der Waals surface area contributed by atoms with Gasteiger partial charge in [-0.2, -0.15) is 5.10 Å². The van der Waals surface area contributed by atoms with Crippen molar-refractivity contribution in [1.82, 2.24) is 9.78 Å². The molecule has 0 amide bonds. The molecule has 0 saturated heterocycles. The van der Waals surface area contributed by atoms with Gasteiger partial charge < -0.3 is 4.74 Å². The first-order chi connectivity index (χ1) is 5.33. The number of rotatable bonds is 1. The molecule has 0 aromatic carbocycles. The van der Waals surface area contributed by atoms with Gasteiger partial charge in [-0.15, -0.1) is 0 Å². The molecule has 0 atom stereocenters. The summed E-state index contributed by atoms with van der Waals surface area (Å²) < 4.78 is 7.39. The molecule has 1 aliphatic rings. The van der Waals surface area contributed by atoms with Crippen LogP contribution in [0.25, 0.3) is 0 Å². The topological polar surface area (TPSA) is 27.1 Å². The van der Waals surface area contributed by atoms with Gasteiger partial charge in [0.25, 0.3) is 0 Å². The lowest BCUT2D eigenvalue weighted by molar-refractivity contribution is 0.353. The van der Waals surface area contributed by atoms with Crippen molar-refractivity contribution in [3.63, 3.8) is 0 Å². The fraction of sp³-hybridized carbons (Fsp3) is 0.625. The third-order valence-electron chi connectivity index (χ3n) is 2.10. The van der Waals surface area contributed by atoms with Crippen molar-refractivity contribution >= 4 is 0 Å². The van der Waals surface area contributed by atoms with Gasteiger partial charge in [-0.3, -0.25) is 0 Å². The Labute approximate surface area is 66.0 Å². The quantitative estimate of drug-likeness (QED) is 0.603. The van der Waals surface area contributed by atoms with E-state index >= 15 is 0 Å². The number of nitrogens with zero attached hydrogens (tertiary/aromatic N) is 2. The van der Waals surface area contributed by atoms with Gasteiger partial charge in [0.2, 0.25) is 5.88 Å². The van der Waals surface area contributed by atoms with Gasteiger partial charge >= 0.3 is 0 Å². The predicted octanol–water partition coefficient (Wildman–Crippen LogP) is 1.15. The van der Waals surface area contributed by atoms with Crippen LogP contribution in [0.3, 0.4) is 0 Å². The Morgan fingerprint density at radius 1 is 1.64 bits per heavy atom. The van der Waals surface area contributed by atoms with Crippen LogP contribution < -0.4 is 4.74 Å². The van der Waals surface area contributed by atoms with Crippen LogP contribution >= 0.6 is 0 Å². The van der Waals surface area contributed by atoms with Crippen LogP contribution in [0.4, 0.5) is 0 Å². The number of aryl methyl sites for hydroxylation is 1. The Balaban J connectivity index is 2.52. The summed E-state index contributed by atoms with van der Waals surface area (Å²) in [4.78, 5) is 0. The second-order valence-corrected chi connectivity index (χ2v) is 2.79. The lowest BCUT2D eigenvalue weighted by atomic mass is 10.2. The van der Waals surface area contributed by atoms with Crippen molar-refractivity contribution in [3.8, 4) is 5.88 Å². The van der Waals surface area contributed by atoms with Crippen LogP contribution in [0.15, 0.2) is 0 Å². The SMILES string of the molecule is CCc1c(C)nn2c1OCC2. The summed E-state index contributed by atoms with van der Waals surface area (Å²) in [7, 11) is 0. The summed E-state index contributed by atoms with van der Waals surface area (Å²) in [6.45, 7) is 5.87. The minimum Gasteiger partial charge on any atom is -0.476 e. The molecule has 11 heavy (non-hydrogen) atoms. The lowest BCUT2D eigenvalue weighted by Crippen LogP contribution is -1.96. The van der Waals surface area contributed by atoms with Gasteiger partial charge in [0.1, 0.15) is 6.61 Å². The molecule has 3 heteroatoms. The standard InChI is InChI=1S/C8H12N2O/c1-3-7-6(2)9-10-4-5-11-8(7)10/h3-5H2,1-2H3. The van der Waals surface area contributed by atoms with Crippen LogP contribution in [0.5, 0.6) is 5.88 Å². The molecule has 0 aliphatic carbocycles. The average molecular weight is 152 g/mol. The van der Waals surface area contributed by atoms with Crippen LogP contribution in [-0.2, 0) is 13.0 Å². The molecule has 60 valence electrons. The molecular weight excluding hydrogens is 140 g/mol. The van der Waals surface area contributed by atoms with E-state index in [2.05, 4.69) is 12.0 Å². The zero-order chi connectivity index (χ0) is 7.84. The maximum Gasteiger partial charge on any atom is 0.215 e. The molecule has 1 aromatic rings. The lowest BCUT2D eigenvalue weighted by Gasteiger charge is -1.96. The summed E-state index contributed by atoms with van der Waals surface area (Å²) in [5.41, 5.74) is 2.38. The van der Waals surface area contributed by atoms with Gasteiger partial charge in [0.05, 0.1) is 12.2 Å². The summed E-state index contributed by atoms with van der Waals surface area (Å²) in [6, 6.07) is 0. The highest BCUT2D eigenvalue weighted by Gasteiger charge is 2.19. The van der Waals surface area contributed by atoms with E-state index in [9.17, 15) is 0 Å². The first-order valence-corrected chi connectivity index (χ1v) is 4.02. The maximum absolute atomic E-state index is 5.44. The minimum atomic E-state index is 0.787. The number of fused-ring (bicyclic) bond motifs is 1. The van der Waals surface area contributed by atoms with Gasteiger partial charge in [-0.05, 0) is 13.3 Å². The molecule has 0 radical (unpaired) electrons. The second kappa shape index (κ2) is 2.26. The maximum atomic E-state index is 5.44. The summed E-state index contributed by atoms with van der Waals surface area (Å²) in [5.74, 6) is 0.991. The van der Waals surface area contributed by atoms with Crippen molar-refractivity contribution < 1.29 is 4.74 Å². The number of hydrogen-bond acceptors (Lipinski definition) is 2. The Morgan fingerprint density at radius 2 is 2.45 bits per heavy atom. The molecule has 0 bridgehead atoms. The molecule has 0 spiro atoms. The highest BCUT2D eigenvalue weighted by atomic mass is 16.5. The smallest absolute Gasteiger partial charge is 0.215 e. The van der Waals surface area contributed by atoms with E-state index in [1.165, 1.54) is 5.56 Å². The predicted molar refractivity (Wildman–Crippen MR) is 41.8 cm³/mol. The van der Waals surface area contributed by atoms with Crippen molar-refractivity contribution in [3.05, 3.63) is 11.3 Å². The fourth-order valence-electron chi connectivity index (χ4n) is 1.55. The Bertz CT molecular complexity index is 278. The van der Waals surface area contributed by atoms with Crippen LogP contribution in [0, 0.1) is 6.92 Å². The van der Waals surface area contributed by atoms with Gasteiger partial charge in [-0.25, -0.2) is 4.68 Å². The van der Waals surface area contributed by atoms with Crippen molar-refractivity contribution in [2.45, 2.75) is 26.8 Å². The van der Waals surface area contributed by atoms with Gasteiger partial charge in [0, 0.05) is 5.56 Å². The summed E-state index contributed by atoms with van der Waals surface area (Å²) in [6.07, 6.45) is 1.02. The van der Waals surface area contributed by atoms with E-state index in [4.69, 9.17) is 4.74 Å². The third kappa shape index (κ3) is 0.836. The Kier molecular flexibility index (Phi) is 1.37. The molecular formula is C8H12N2O. The molecule has 0 unspecified atom stereocenters. The molecule has 2 rings (SSSR count). The second-order valence-electron chi connectivity index (χ2n) is 2.79. The van der Waals surface area contributed by atoms with Crippen molar-refractivity contribution in [2.75, 3.05) is 6.61 Å². The highest BCUT2D eigenvalue weighted by molar-refractivity contribution is 5.32. The number of ether oxygens (including phenoxy) is 1. The third-order valence-corrected chi connectivity index (χ3v) is 2.10. The van der Waals surface area contributed by atoms with Gasteiger partial charge in [-0.1, -0.05) is 6.92 Å².